The van der Waals surface area contributed by atoms with Crippen molar-refractivity contribution in [2.45, 2.75) is 6.10 Å². The van der Waals surface area contributed by atoms with Crippen LogP contribution in [0, 0.1) is 0 Å². The quantitative estimate of drug-likeness (QED) is 0.567. The van der Waals surface area contributed by atoms with Gasteiger partial charge in [-0.05, 0) is 41.5 Å². The van der Waals surface area contributed by atoms with Gasteiger partial charge in [-0.15, -0.1) is 0 Å². The van der Waals surface area contributed by atoms with Crippen LogP contribution in [0.2, 0.25) is 0 Å². The highest BCUT2D eigenvalue weighted by atomic mass is 32.1. The monoisotopic (exact) mass is 380 g/mol. The Kier molecular flexibility index (Phi) is 3.56. The minimum Gasteiger partial charge on any atom is -0.454 e. The third-order valence-electron chi connectivity index (χ3n) is 4.67. The van der Waals surface area contributed by atoms with E-state index in [2.05, 4.69) is 10.1 Å². The largest absolute Gasteiger partial charge is 0.454 e. The first-order chi connectivity index (χ1) is 13.1. The van der Waals surface area contributed by atoms with E-state index in [1.165, 1.54) is 11.3 Å². The minimum absolute atomic E-state index is 0.219. The van der Waals surface area contributed by atoms with E-state index in [0.29, 0.717) is 16.6 Å². The highest BCUT2D eigenvalue weighted by Crippen LogP contribution is 2.40. The van der Waals surface area contributed by atoms with Crippen LogP contribution in [0.5, 0.6) is 11.5 Å². The standard InChI is InChI=1S/C19H16N4O3S/c1-23-13(4-5-21-23)18(24)11-6-12(17-16(8-11)27-19(20)22-17)10-2-3-14-15(7-10)26-9-25-14/h2-8,18,24H,9H2,1H3,(H2,20,22). The average molecular weight is 380 g/mol. The second-order valence-corrected chi connectivity index (χ2v) is 7.38. The number of nitrogens with two attached hydrogens (primary N) is 1. The molecule has 136 valence electrons. The minimum atomic E-state index is -0.807. The molecule has 1 unspecified atom stereocenters. The molecule has 8 heteroatoms. The maximum Gasteiger partial charge on any atom is 0.231 e. The van der Waals surface area contributed by atoms with Crippen molar-refractivity contribution < 1.29 is 14.6 Å². The zero-order valence-corrected chi connectivity index (χ0v) is 15.2. The lowest BCUT2D eigenvalue weighted by Crippen LogP contribution is -2.06. The van der Waals surface area contributed by atoms with E-state index < -0.39 is 6.10 Å². The van der Waals surface area contributed by atoms with Crippen molar-refractivity contribution in [2.75, 3.05) is 12.5 Å². The summed E-state index contributed by atoms with van der Waals surface area (Å²) in [4.78, 5) is 4.49. The van der Waals surface area contributed by atoms with Gasteiger partial charge in [0, 0.05) is 18.8 Å². The molecule has 7 nitrogen and oxygen atoms in total. The molecular weight excluding hydrogens is 364 g/mol. The molecule has 0 spiro atoms. The molecule has 2 aromatic carbocycles. The molecule has 3 N–H and O–H groups in total. The smallest absolute Gasteiger partial charge is 0.231 e. The van der Waals surface area contributed by atoms with Gasteiger partial charge >= 0.3 is 0 Å². The van der Waals surface area contributed by atoms with Gasteiger partial charge in [-0.1, -0.05) is 17.4 Å². The Bertz CT molecular complexity index is 1170. The van der Waals surface area contributed by atoms with Crippen LogP contribution in [0.1, 0.15) is 17.4 Å². The molecule has 0 saturated heterocycles. The van der Waals surface area contributed by atoms with E-state index in [1.54, 1.807) is 24.0 Å². The first kappa shape index (κ1) is 16.1. The molecule has 5 rings (SSSR count). The van der Waals surface area contributed by atoms with Gasteiger partial charge in [0.2, 0.25) is 6.79 Å². The van der Waals surface area contributed by atoms with Gasteiger partial charge in [0.25, 0.3) is 0 Å². The van der Waals surface area contributed by atoms with Crippen molar-refractivity contribution in [3.05, 3.63) is 53.9 Å². The van der Waals surface area contributed by atoms with Crippen molar-refractivity contribution in [2.24, 2.45) is 7.05 Å². The normalized spacial score (nSPS) is 14.0. The third kappa shape index (κ3) is 2.61. The summed E-state index contributed by atoms with van der Waals surface area (Å²) in [6, 6.07) is 11.4. The Hall–Kier alpha value is -3.10. The molecule has 0 amide bonds. The lowest BCUT2D eigenvalue weighted by molar-refractivity contribution is 0.174. The van der Waals surface area contributed by atoms with Gasteiger partial charge in [0.1, 0.15) is 6.10 Å². The van der Waals surface area contributed by atoms with Crippen LogP contribution in [0.4, 0.5) is 5.13 Å². The Labute approximate surface area is 158 Å². The summed E-state index contributed by atoms with van der Waals surface area (Å²) in [6.07, 6.45) is 0.860. The molecular formula is C19H16N4O3S. The highest BCUT2D eigenvalue weighted by Gasteiger charge is 2.20. The number of nitrogens with zero attached hydrogens (tertiary/aromatic N) is 3. The summed E-state index contributed by atoms with van der Waals surface area (Å²) in [6.45, 7) is 0.219. The van der Waals surface area contributed by atoms with Crippen LogP contribution >= 0.6 is 11.3 Å². The molecule has 27 heavy (non-hydrogen) atoms. The van der Waals surface area contributed by atoms with E-state index in [4.69, 9.17) is 15.2 Å². The number of hydrogen-bond acceptors (Lipinski definition) is 7. The van der Waals surface area contributed by atoms with Gasteiger partial charge in [-0.25, -0.2) is 4.98 Å². The molecule has 0 radical (unpaired) electrons. The zero-order valence-electron chi connectivity index (χ0n) is 14.4. The molecule has 0 saturated carbocycles. The molecule has 3 heterocycles. The van der Waals surface area contributed by atoms with Crippen LogP contribution in [-0.2, 0) is 7.05 Å². The van der Waals surface area contributed by atoms with E-state index in [-0.39, 0.29) is 6.79 Å². The first-order valence-corrected chi connectivity index (χ1v) is 9.18. The molecule has 4 aromatic rings. The molecule has 2 aromatic heterocycles. The van der Waals surface area contributed by atoms with Gasteiger partial charge in [-0.2, -0.15) is 5.10 Å². The Balaban J connectivity index is 1.70. The van der Waals surface area contributed by atoms with Crippen molar-refractivity contribution in [1.82, 2.24) is 14.8 Å². The number of thiazole rings is 1. The Morgan fingerprint density at radius 1 is 1.19 bits per heavy atom. The fourth-order valence-electron chi connectivity index (χ4n) is 3.33. The molecule has 1 aliphatic heterocycles. The van der Waals surface area contributed by atoms with E-state index in [1.807, 2.05) is 30.3 Å². The summed E-state index contributed by atoms with van der Waals surface area (Å²) in [5.74, 6) is 1.42. The fraction of sp³-hybridized carbons (Fsp3) is 0.158. The van der Waals surface area contributed by atoms with E-state index in [0.717, 1.165) is 32.7 Å². The van der Waals surface area contributed by atoms with Crippen molar-refractivity contribution >= 4 is 26.7 Å². The Morgan fingerprint density at radius 3 is 2.85 bits per heavy atom. The summed E-state index contributed by atoms with van der Waals surface area (Å²) >= 11 is 1.40. The number of nitrogen functional groups attached to an aromatic ring is 1. The number of fused-ring (bicyclic) bond motifs is 2. The number of aliphatic hydroxyl groups excluding tert-OH is 1. The van der Waals surface area contributed by atoms with Crippen molar-refractivity contribution in [3.8, 4) is 22.6 Å². The summed E-state index contributed by atoms with van der Waals surface area (Å²) in [7, 11) is 1.81. The van der Waals surface area contributed by atoms with Crippen LogP contribution in [0.15, 0.2) is 42.6 Å². The number of ether oxygens (including phenoxy) is 2. The summed E-state index contributed by atoms with van der Waals surface area (Å²) in [5, 5.41) is 15.5. The van der Waals surface area contributed by atoms with Gasteiger partial charge < -0.3 is 20.3 Å². The van der Waals surface area contributed by atoms with Crippen molar-refractivity contribution in [3.63, 3.8) is 0 Å². The second kappa shape index (κ2) is 5.97. The molecule has 0 fully saturated rings. The lowest BCUT2D eigenvalue weighted by Gasteiger charge is -2.14. The number of anilines is 1. The number of rotatable bonds is 3. The van der Waals surface area contributed by atoms with E-state index >= 15 is 0 Å². The van der Waals surface area contributed by atoms with Crippen LogP contribution in [0.3, 0.4) is 0 Å². The average Bonchev–Trinajstić information content (AvgIpc) is 3.37. The maximum absolute atomic E-state index is 10.9. The Morgan fingerprint density at radius 2 is 2.04 bits per heavy atom. The van der Waals surface area contributed by atoms with Gasteiger partial charge in [0.15, 0.2) is 16.6 Å². The van der Waals surface area contributed by atoms with E-state index in [9.17, 15) is 5.11 Å². The van der Waals surface area contributed by atoms with Gasteiger partial charge in [-0.3, -0.25) is 4.68 Å². The number of aryl methyl sites for hydroxylation is 1. The molecule has 0 bridgehead atoms. The maximum atomic E-state index is 10.9. The topological polar surface area (TPSA) is 95.4 Å². The van der Waals surface area contributed by atoms with Crippen molar-refractivity contribution in [1.29, 1.82) is 0 Å². The van der Waals surface area contributed by atoms with Crippen LogP contribution in [-0.4, -0.2) is 26.7 Å². The number of benzene rings is 2. The van der Waals surface area contributed by atoms with Gasteiger partial charge in [0.05, 0.1) is 15.9 Å². The lowest BCUT2D eigenvalue weighted by atomic mass is 9.98. The highest BCUT2D eigenvalue weighted by molar-refractivity contribution is 7.22. The van der Waals surface area contributed by atoms with Crippen LogP contribution < -0.4 is 15.2 Å². The number of hydrogen-bond donors (Lipinski definition) is 2. The number of aromatic nitrogens is 3. The van der Waals surface area contributed by atoms with Crippen LogP contribution in [0.25, 0.3) is 21.3 Å². The summed E-state index contributed by atoms with van der Waals surface area (Å²) in [5.41, 5.74) is 10.0. The summed E-state index contributed by atoms with van der Waals surface area (Å²) < 4.78 is 13.5. The second-order valence-electron chi connectivity index (χ2n) is 6.32. The molecule has 0 aliphatic carbocycles. The number of aliphatic hydroxyl groups is 1. The zero-order chi connectivity index (χ0) is 18.5. The fourth-order valence-corrected chi connectivity index (χ4v) is 4.14. The SMILES string of the molecule is Cn1nccc1C(O)c1cc(-c2ccc3c(c2)OCO3)c2nc(N)sc2c1. The molecule has 1 aliphatic rings. The molecule has 1 atom stereocenters. The first-order valence-electron chi connectivity index (χ1n) is 8.36. The predicted molar refractivity (Wildman–Crippen MR) is 103 cm³/mol. The predicted octanol–water partition coefficient (Wildman–Crippen LogP) is 3.09. The third-order valence-corrected chi connectivity index (χ3v) is 5.50.